The number of benzene rings is 2. The fourth-order valence-corrected chi connectivity index (χ4v) is 2.21. The molecule has 0 aliphatic carbocycles. The molecule has 0 heterocycles. The third-order valence-corrected chi connectivity index (χ3v) is 3.15. The molecule has 23 heavy (non-hydrogen) atoms. The fraction of sp³-hybridized carbons (Fsp3) is 0.118. The highest BCUT2D eigenvalue weighted by molar-refractivity contribution is 7.80. The largest absolute Gasteiger partial charge is 0.332 e. The lowest BCUT2D eigenvalue weighted by Gasteiger charge is -2.11. The lowest BCUT2D eigenvalue weighted by molar-refractivity contribution is -0.114. The number of rotatable bonds is 3. The van der Waals surface area contributed by atoms with Gasteiger partial charge in [-0.3, -0.25) is 14.9 Å². The van der Waals surface area contributed by atoms with Crippen molar-refractivity contribution in [2.24, 2.45) is 0 Å². The lowest BCUT2D eigenvalue weighted by atomic mass is 10.1. The van der Waals surface area contributed by atoms with Crippen LogP contribution in [0.4, 0.5) is 11.4 Å². The third kappa shape index (κ3) is 5.19. The molecular weight excluding hydrogens is 310 g/mol. The summed E-state index contributed by atoms with van der Waals surface area (Å²) in [6, 6.07) is 14.3. The van der Waals surface area contributed by atoms with Gasteiger partial charge < -0.3 is 10.6 Å². The van der Waals surface area contributed by atoms with Crippen LogP contribution >= 0.6 is 12.2 Å². The highest BCUT2D eigenvalue weighted by Gasteiger charge is 2.08. The maximum atomic E-state index is 12.1. The Morgan fingerprint density at radius 3 is 2.26 bits per heavy atom. The van der Waals surface area contributed by atoms with E-state index in [-0.39, 0.29) is 16.9 Å². The van der Waals surface area contributed by atoms with E-state index in [1.807, 2.05) is 19.1 Å². The van der Waals surface area contributed by atoms with Crippen LogP contribution in [0.2, 0.25) is 0 Å². The second-order valence-electron chi connectivity index (χ2n) is 5.04. The average Bonchev–Trinajstić information content (AvgIpc) is 2.46. The van der Waals surface area contributed by atoms with E-state index in [0.717, 1.165) is 5.56 Å². The summed E-state index contributed by atoms with van der Waals surface area (Å²) < 4.78 is 0. The Labute approximate surface area is 140 Å². The zero-order valence-electron chi connectivity index (χ0n) is 12.8. The van der Waals surface area contributed by atoms with Crippen molar-refractivity contribution in [1.29, 1.82) is 0 Å². The predicted molar refractivity (Wildman–Crippen MR) is 95.6 cm³/mol. The molecule has 0 saturated heterocycles. The molecule has 0 unspecified atom stereocenters. The fourth-order valence-electron chi connectivity index (χ4n) is 2.00. The van der Waals surface area contributed by atoms with E-state index in [1.54, 1.807) is 36.4 Å². The molecule has 0 atom stereocenters. The standard InChI is InChI=1S/C17H17N3O2S/c1-11-5-3-6-13(9-11)16(22)20-17(23)19-15-8-4-7-14(10-15)18-12(2)21/h3-10H,1-2H3,(H,18,21)(H2,19,20,22,23). The maximum Gasteiger partial charge on any atom is 0.257 e. The molecule has 0 saturated carbocycles. The van der Waals surface area contributed by atoms with Gasteiger partial charge in [0.25, 0.3) is 5.91 Å². The molecule has 0 aliphatic rings. The summed E-state index contributed by atoms with van der Waals surface area (Å²) >= 11 is 5.15. The number of thiocarbonyl (C=S) groups is 1. The van der Waals surface area contributed by atoms with Crippen LogP contribution in [0.15, 0.2) is 48.5 Å². The van der Waals surface area contributed by atoms with E-state index >= 15 is 0 Å². The van der Waals surface area contributed by atoms with Crippen LogP contribution in [0.3, 0.4) is 0 Å². The van der Waals surface area contributed by atoms with Gasteiger partial charge in [-0.25, -0.2) is 0 Å². The molecule has 0 fully saturated rings. The van der Waals surface area contributed by atoms with E-state index in [9.17, 15) is 9.59 Å². The zero-order chi connectivity index (χ0) is 16.8. The Morgan fingerprint density at radius 1 is 0.957 bits per heavy atom. The average molecular weight is 327 g/mol. The second-order valence-corrected chi connectivity index (χ2v) is 5.45. The Bertz CT molecular complexity index is 759. The van der Waals surface area contributed by atoms with Crippen molar-refractivity contribution in [3.8, 4) is 0 Å². The summed E-state index contributed by atoms with van der Waals surface area (Å²) in [6.07, 6.45) is 0. The highest BCUT2D eigenvalue weighted by atomic mass is 32.1. The van der Waals surface area contributed by atoms with Gasteiger partial charge in [0, 0.05) is 23.9 Å². The Balaban J connectivity index is 1.99. The van der Waals surface area contributed by atoms with Crippen LogP contribution in [0, 0.1) is 6.92 Å². The Kier molecular flexibility index (Phi) is 5.43. The first kappa shape index (κ1) is 16.6. The number of nitrogens with one attached hydrogen (secondary N) is 3. The quantitative estimate of drug-likeness (QED) is 0.758. The first-order chi connectivity index (χ1) is 10.9. The van der Waals surface area contributed by atoms with E-state index < -0.39 is 0 Å². The van der Waals surface area contributed by atoms with Gasteiger partial charge >= 0.3 is 0 Å². The number of carbonyl (C=O) groups excluding carboxylic acids is 2. The van der Waals surface area contributed by atoms with Crippen LogP contribution in [0.25, 0.3) is 0 Å². The van der Waals surface area contributed by atoms with Crippen molar-refractivity contribution in [3.63, 3.8) is 0 Å². The third-order valence-electron chi connectivity index (χ3n) is 2.95. The van der Waals surface area contributed by atoms with Gasteiger partial charge in [-0.05, 0) is 49.5 Å². The number of hydrogen-bond donors (Lipinski definition) is 3. The van der Waals surface area contributed by atoms with Gasteiger partial charge in [-0.2, -0.15) is 0 Å². The first-order valence-corrected chi connectivity index (χ1v) is 7.41. The summed E-state index contributed by atoms with van der Waals surface area (Å²) in [5.74, 6) is -0.429. The smallest absolute Gasteiger partial charge is 0.257 e. The molecule has 6 heteroatoms. The minimum absolute atomic E-state index is 0.155. The summed E-state index contributed by atoms with van der Waals surface area (Å²) in [4.78, 5) is 23.2. The van der Waals surface area contributed by atoms with Gasteiger partial charge in [0.15, 0.2) is 5.11 Å². The second kappa shape index (κ2) is 7.51. The Morgan fingerprint density at radius 2 is 1.61 bits per heavy atom. The van der Waals surface area contributed by atoms with E-state index in [4.69, 9.17) is 12.2 Å². The molecule has 2 rings (SSSR count). The summed E-state index contributed by atoms with van der Waals surface area (Å²) in [5.41, 5.74) is 2.86. The van der Waals surface area contributed by atoms with Crippen LogP contribution < -0.4 is 16.0 Å². The predicted octanol–water partition coefficient (Wildman–Crippen LogP) is 3.08. The monoisotopic (exact) mass is 327 g/mol. The number of hydrogen-bond acceptors (Lipinski definition) is 3. The van der Waals surface area contributed by atoms with Crippen LogP contribution in [-0.2, 0) is 4.79 Å². The van der Waals surface area contributed by atoms with Gasteiger partial charge in [0.1, 0.15) is 0 Å². The first-order valence-electron chi connectivity index (χ1n) is 7.01. The normalized spacial score (nSPS) is 9.83. The minimum atomic E-state index is -0.274. The van der Waals surface area contributed by atoms with Crippen molar-refractivity contribution >= 4 is 40.5 Å². The molecule has 3 N–H and O–H groups in total. The lowest BCUT2D eigenvalue weighted by Crippen LogP contribution is -2.34. The number of carbonyl (C=O) groups is 2. The van der Waals surface area contributed by atoms with Gasteiger partial charge in [-0.15, -0.1) is 0 Å². The van der Waals surface area contributed by atoms with Crippen molar-refractivity contribution in [2.45, 2.75) is 13.8 Å². The molecule has 0 radical (unpaired) electrons. The number of amides is 2. The van der Waals surface area contributed by atoms with Gasteiger partial charge in [0.2, 0.25) is 5.91 Å². The molecule has 5 nitrogen and oxygen atoms in total. The number of aryl methyl sites for hydroxylation is 1. The van der Waals surface area contributed by atoms with Crippen LogP contribution in [0.1, 0.15) is 22.8 Å². The molecular formula is C17H17N3O2S. The molecule has 0 spiro atoms. The molecule has 0 aliphatic heterocycles. The topological polar surface area (TPSA) is 70.2 Å². The van der Waals surface area contributed by atoms with Crippen molar-refractivity contribution < 1.29 is 9.59 Å². The van der Waals surface area contributed by atoms with E-state index in [1.165, 1.54) is 6.92 Å². The number of anilines is 2. The van der Waals surface area contributed by atoms with E-state index in [0.29, 0.717) is 16.9 Å². The molecule has 0 bridgehead atoms. The summed E-state index contributed by atoms with van der Waals surface area (Å²) in [6.45, 7) is 3.35. The van der Waals surface area contributed by atoms with Crippen molar-refractivity contribution in [2.75, 3.05) is 10.6 Å². The van der Waals surface area contributed by atoms with E-state index in [2.05, 4.69) is 16.0 Å². The van der Waals surface area contributed by atoms with Crippen molar-refractivity contribution in [3.05, 3.63) is 59.7 Å². The molecule has 118 valence electrons. The molecule has 2 amide bonds. The molecule has 0 aromatic heterocycles. The Hall–Kier alpha value is -2.73. The molecule has 2 aromatic carbocycles. The maximum absolute atomic E-state index is 12.1. The van der Waals surface area contributed by atoms with Crippen LogP contribution in [-0.4, -0.2) is 16.9 Å². The minimum Gasteiger partial charge on any atom is -0.332 e. The van der Waals surface area contributed by atoms with Gasteiger partial charge in [-0.1, -0.05) is 23.8 Å². The molecule has 2 aromatic rings. The van der Waals surface area contributed by atoms with Crippen molar-refractivity contribution in [1.82, 2.24) is 5.32 Å². The zero-order valence-corrected chi connectivity index (χ0v) is 13.7. The van der Waals surface area contributed by atoms with Crippen LogP contribution in [0.5, 0.6) is 0 Å². The summed E-state index contributed by atoms with van der Waals surface area (Å²) in [7, 11) is 0. The van der Waals surface area contributed by atoms with Gasteiger partial charge in [0.05, 0.1) is 0 Å². The SMILES string of the molecule is CC(=O)Nc1cccc(NC(=S)NC(=O)c2cccc(C)c2)c1. The summed E-state index contributed by atoms with van der Waals surface area (Å²) in [5, 5.41) is 8.42. The highest BCUT2D eigenvalue weighted by Crippen LogP contribution is 2.15.